The summed E-state index contributed by atoms with van der Waals surface area (Å²) in [5.41, 5.74) is 1.05. The number of hydrogen-bond acceptors (Lipinski definition) is 6. The highest BCUT2D eigenvalue weighted by molar-refractivity contribution is 8.24. The van der Waals surface area contributed by atoms with E-state index in [0.717, 1.165) is 0 Å². The molecule has 0 bridgehead atoms. The highest BCUT2D eigenvalue weighted by Gasteiger charge is 2.59. The number of cyclic esters (lactones) is 1. The quantitative estimate of drug-likeness (QED) is 0.827. The number of benzene rings is 1. The number of aromatic nitrogens is 3. The normalized spacial score (nSPS) is 32.3. The van der Waals surface area contributed by atoms with Crippen LogP contribution >= 0.6 is 10.6 Å². The molecule has 3 heterocycles. The average molecular weight is 394 g/mol. The summed E-state index contributed by atoms with van der Waals surface area (Å²) in [5.74, 6) is 0.719. The Balaban J connectivity index is 1.29. The number of carbonyl (C=O) groups excluding carboxylic acids is 1. The van der Waals surface area contributed by atoms with Crippen LogP contribution in [0.3, 0.4) is 0 Å². The molecule has 3 aliphatic rings. The van der Waals surface area contributed by atoms with Crippen LogP contribution in [0.25, 0.3) is 0 Å². The molecule has 2 saturated heterocycles. The van der Waals surface area contributed by atoms with Gasteiger partial charge in [0, 0.05) is 17.7 Å². The van der Waals surface area contributed by atoms with Crippen LogP contribution in [-0.2, 0) is 11.3 Å². The number of nitrogens with zero attached hydrogens (tertiary/aromatic N) is 4. The molecule has 3 fully saturated rings. The Kier molecular flexibility index (Phi) is 3.72. The van der Waals surface area contributed by atoms with Gasteiger partial charge < -0.3 is 4.74 Å². The molecule has 0 spiro atoms. The molecule has 1 aromatic heterocycles. The monoisotopic (exact) mass is 394 g/mol. The number of anilines is 1. The minimum atomic E-state index is -2.46. The summed E-state index contributed by atoms with van der Waals surface area (Å²) in [6, 6.07) is 4.79. The van der Waals surface area contributed by atoms with Gasteiger partial charge in [0.05, 0.1) is 25.0 Å². The summed E-state index contributed by atoms with van der Waals surface area (Å²) in [4.78, 5) is 13.6. The second-order valence-corrected chi connectivity index (χ2v) is 9.71. The topological polar surface area (TPSA) is 101 Å². The zero-order chi connectivity index (χ0) is 18.8. The van der Waals surface area contributed by atoms with E-state index in [2.05, 4.69) is 10.3 Å². The zero-order valence-electron chi connectivity index (χ0n) is 14.3. The van der Waals surface area contributed by atoms with E-state index >= 15 is 0 Å². The second-order valence-electron chi connectivity index (χ2n) is 7.44. The lowest BCUT2D eigenvalue weighted by Crippen LogP contribution is -2.26. The Morgan fingerprint density at radius 3 is 2.74 bits per heavy atom. The van der Waals surface area contributed by atoms with E-state index < -0.39 is 16.7 Å². The molecule has 0 radical (unpaired) electrons. The predicted octanol–water partition coefficient (Wildman–Crippen LogP) is 2.54. The van der Waals surface area contributed by atoms with Gasteiger partial charge in [0.15, 0.2) is 0 Å². The van der Waals surface area contributed by atoms with Crippen LogP contribution in [0.1, 0.15) is 11.5 Å². The minimum absolute atomic E-state index is 0.0459. The molecular formula is C17H19FN4O4S. The van der Waals surface area contributed by atoms with Crippen molar-refractivity contribution >= 4 is 22.4 Å². The van der Waals surface area contributed by atoms with Gasteiger partial charge in [0.2, 0.25) is 0 Å². The molecule has 1 saturated carbocycles. The summed E-state index contributed by atoms with van der Waals surface area (Å²) in [6.45, 7) is 0.702. The second kappa shape index (κ2) is 5.91. The molecule has 1 aromatic carbocycles. The number of amides is 1. The van der Waals surface area contributed by atoms with Crippen LogP contribution in [0, 0.1) is 17.7 Å². The van der Waals surface area contributed by atoms with Gasteiger partial charge in [-0.1, -0.05) is 11.3 Å². The number of hydrogen-bond donors (Lipinski definition) is 2. The Morgan fingerprint density at radius 2 is 2.07 bits per heavy atom. The van der Waals surface area contributed by atoms with Gasteiger partial charge >= 0.3 is 6.09 Å². The van der Waals surface area contributed by atoms with Gasteiger partial charge in [-0.05, 0) is 35.4 Å². The zero-order valence-corrected chi connectivity index (χ0v) is 15.1. The van der Waals surface area contributed by atoms with E-state index in [1.165, 1.54) is 11.0 Å². The molecule has 4 atom stereocenters. The van der Waals surface area contributed by atoms with Crippen molar-refractivity contribution in [3.8, 4) is 0 Å². The first-order valence-electron chi connectivity index (χ1n) is 8.76. The maximum absolute atomic E-state index is 14.7. The van der Waals surface area contributed by atoms with Gasteiger partial charge in [-0.15, -0.1) is 5.10 Å². The van der Waals surface area contributed by atoms with Gasteiger partial charge in [-0.2, -0.15) is 10.6 Å². The van der Waals surface area contributed by atoms with Crippen molar-refractivity contribution in [2.75, 3.05) is 23.0 Å². The first kappa shape index (κ1) is 17.0. The fourth-order valence-electron chi connectivity index (χ4n) is 4.37. The number of halogens is 1. The molecular weight excluding hydrogens is 375 g/mol. The average Bonchev–Trinajstić information content (AvgIpc) is 3.04. The molecule has 2 aromatic rings. The summed E-state index contributed by atoms with van der Waals surface area (Å²) >= 11 is 0. The molecule has 27 heavy (non-hydrogen) atoms. The van der Waals surface area contributed by atoms with Crippen molar-refractivity contribution in [2.24, 2.45) is 11.8 Å². The molecule has 2 aliphatic heterocycles. The maximum atomic E-state index is 14.7. The van der Waals surface area contributed by atoms with E-state index in [1.54, 1.807) is 29.2 Å². The van der Waals surface area contributed by atoms with Gasteiger partial charge in [0.1, 0.15) is 11.9 Å². The molecule has 5 rings (SSSR count). The highest BCUT2D eigenvalue weighted by Crippen LogP contribution is 2.69. The molecule has 1 amide bonds. The molecule has 144 valence electrons. The molecule has 8 nitrogen and oxygen atoms in total. The molecule has 10 heteroatoms. The summed E-state index contributed by atoms with van der Waals surface area (Å²) in [7, 11) is -2.46. The first-order valence-corrected chi connectivity index (χ1v) is 10.6. The van der Waals surface area contributed by atoms with Crippen LogP contribution in [0.5, 0.6) is 0 Å². The summed E-state index contributed by atoms with van der Waals surface area (Å²) in [6.07, 6.45) is 2.35. The van der Waals surface area contributed by atoms with Crippen LogP contribution in [0.4, 0.5) is 14.9 Å². The van der Waals surface area contributed by atoms with Crippen molar-refractivity contribution in [1.82, 2.24) is 15.0 Å². The number of carbonyl (C=O) groups is 1. The largest absolute Gasteiger partial charge is 0.442 e. The third-order valence-corrected chi connectivity index (χ3v) is 7.48. The van der Waals surface area contributed by atoms with Crippen LogP contribution in [0.15, 0.2) is 30.6 Å². The Morgan fingerprint density at radius 1 is 1.30 bits per heavy atom. The van der Waals surface area contributed by atoms with E-state index in [0.29, 0.717) is 35.8 Å². The van der Waals surface area contributed by atoms with Crippen LogP contribution in [0.2, 0.25) is 0 Å². The molecule has 1 aliphatic carbocycles. The van der Waals surface area contributed by atoms with E-state index in [-0.39, 0.29) is 29.7 Å². The van der Waals surface area contributed by atoms with Crippen molar-refractivity contribution in [1.29, 1.82) is 0 Å². The van der Waals surface area contributed by atoms with Crippen LogP contribution < -0.4 is 4.90 Å². The van der Waals surface area contributed by atoms with Crippen molar-refractivity contribution in [3.05, 3.63) is 42.0 Å². The smallest absolute Gasteiger partial charge is 0.414 e. The van der Waals surface area contributed by atoms with Crippen LogP contribution in [-0.4, -0.2) is 54.3 Å². The first-order chi connectivity index (χ1) is 12.9. The van der Waals surface area contributed by atoms with Gasteiger partial charge in [-0.25, -0.2) is 13.9 Å². The van der Waals surface area contributed by atoms with Gasteiger partial charge in [-0.3, -0.25) is 14.0 Å². The minimum Gasteiger partial charge on any atom is -0.442 e. The summed E-state index contributed by atoms with van der Waals surface area (Å²) in [5, 5.41) is 7.57. The fraction of sp³-hybridized carbons (Fsp3) is 0.471. The Hall–Kier alpha value is -2.17. The fourth-order valence-corrected chi connectivity index (χ4v) is 6.64. The lowest BCUT2D eigenvalue weighted by molar-refractivity contribution is 0.129. The standard InChI is InChI=1S/C17H19FN4O4S/c18-15-5-10(1-2-12(15)16-13-8-27(24,25)9-14(13)16)22-7-11(26-17(22)23)6-21-4-3-19-20-21/h1-5,11,13-14,16,24-25H,6-9H2/t11-,13-,14+,16?/m0/s1. The van der Waals surface area contributed by atoms with Gasteiger partial charge in [0.25, 0.3) is 0 Å². The lowest BCUT2D eigenvalue weighted by atomic mass is 10.1. The summed E-state index contributed by atoms with van der Waals surface area (Å²) < 4.78 is 41.1. The predicted molar refractivity (Wildman–Crippen MR) is 96.3 cm³/mol. The molecule has 1 unspecified atom stereocenters. The van der Waals surface area contributed by atoms with E-state index in [9.17, 15) is 18.3 Å². The van der Waals surface area contributed by atoms with Crippen molar-refractivity contribution < 1.29 is 23.0 Å². The maximum Gasteiger partial charge on any atom is 0.414 e. The Bertz CT molecular complexity index is 879. The van der Waals surface area contributed by atoms with Crippen molar-refractivity contribution in [2.45, 2.75) is 18.6 Å². The third-order valence-electron chi connectivity index (χ3n) is 5.64. The highest BCUT2D eigenvalue weighted by atomic mass is 32.3. The van der Waals surface area contributed by atoms with E-state index in [1.807, 2.05) is 0 Å². The van der Waals surface area contributed by atoms with E-state index in [4.69, 9.17) is 4.74 Å². The Labute approximate surface area is 156 Å². The molecule has 2 N–H and O–H groups in total. The van der Waals surface area contributed by atoms with Crippen molar-refractivity contribution in [3.63, 3.8) is 0 Å². The number of rotatable bonds is 4. The lowest BCUT2D eigenvalue weighted by Gasteiger charge is -2.29. The third kappa shape index (κ3) is 2.97. The number of fused-ring (bicyclic) bond motifs is 1. The SMILES string of the molecule is O=C1O[C@@H](Cn2ccnn2)CN1c1ccc(C2[C@H]3CS(O)(O)C[C@@H]23)c(F)c1. The number of ether oxygens (including phenoxy) is 1.